The van der Waals surface area contributed by atoms with Gasteiger partial charge in [0.2, 0.25) is 5.91 Å². The SMILES string of the molecule is O=C(CCc1ccccc1)N(CCCN1CCCC1)C1CCOCC1. The van der Waals surface area contributed by atoms with E-state index in [1.165, 1.54) is 31.5 Å². The van der Waals surface area contributed by atoms with Gasteiger partial charge in [-0.1, -0.05) is 30.3 Å². The van der Waals surface area contributed by atoms with Crippen LogP contribution < -0.4 is 0 Å². The van der Waals surface area contributed by atoms with Crippen molar-refractivity contribution in [1.82, 2.24) is 9.80 Å². The van der Waals surface area contributed by atoms with Crippen LogP contribution in [0.15, 0.2) is 30.3 Å². The second-order valence-electron chi connectivity index (χ2n) is 7.32. The minimum Gasteiger partial charge on any atom is -0.381 e. The van der Waals surface area contributed by atoms with Crippen molar-refractivity contribution >= 4 is 5.91 Å². The van der Waals surface area contributed by atoms with Crippen LogP contribution in [0.4, 0.5) is 0 Å². The Morgan fingerprint density at radius 2 is 1.84 bits per heavy atom. The van der Waals surface area contributed by atoms with Crippen LogP contribution in [0.25, 0.3) is 0 Å². The van der Waals surface area contributed by atoms with Crippen molar-refractivity contribution in [3.05, 3.63) is 35.9 Å². The van der Waals surface area contributed by atoms with Gasteiger partial charge in [-0.25, -0.2) is 0 Å². The first-order valence-electron chi connectivity index (χ1n) is 9.96. The molecule has 1 amide bonds. The molecule has 0 aliphatic carbocycles. The van der Waals surface area contributed by atoms with E-state index in [0.717, 1.165) is 52.0 Å². The molecule has 1 aromatic rings. The number of benzene rings is 1. The maximum Gasteiger partial charge on any atom is 0.223 e. The number of hydrogen-bond donors (Lipinski definition) is 0. The summed E-state index contributed by atoms with van der Waals surface area (Å²) in [7, 11) is 0. The van der Waals surface area contributed by atoms with Gasteiger partial charge in [-0.15, -0.1) is 0 Å². The van der Waals surface area contributed by atoms with Gasteiger partial charge in [0.1, 0.15) is 0 Å². The van der Waals surface area contributed by atoms with Crippen LogP contribution in [-0.4, -0.2) is 61.1 Å². The highest BCUT2D eigenvalue weighted by atomic mass is 16.5. The van der Waals surface area contributed by atoms with Crippen molar-refractivity contribution in [3.63, 3.8) is 0 Å². The average Bonchev–Trinajstić information content (AvgIpc) is 3.18. The third kappa shape index (κ3) is 5.82. The fourth-order valence-electron chi connectivity index (χ4n) is 4.02. The topological polar surface area (TPSA) is 32.8 Å². The van der Waals surface area contributed by atoms with Crippen LogP contribution in [0, 0.1) is 0 Å². The highest BCUT2D eigenvalue weighted by molar-refractivity contribution is 5.76. The Kier molecular flexibility index (Phi) is 7.31. The van der Waals surface area contributed by atoms with E-state index in [1.54, 1.807) is 0 Å². The number of carbonyl (C=O) groups excluding carboxylic acids is 1. The second-order valence-corrected chi connectivity index (χ2v) is 7.32. The summed E-state index contributed by atoms with van der Waals surface area (Å²) in [5.41, 5.74) is 1.25. The highest BCUT2D eigenvalue weighted by Crippen LogP contribution is 2.18. The fourth-order valence-corrected chi connectivity index (χ4v) is 4.02. The molecule has 2 fully saturated rings. The smallest absolute Gasteiger partial charge is 0.223 e. The first kappa shape index (κ1) is 18.4. The van der Waals surface area contributed by atoms with Gasteiger partial charge in [0.05, 0.1) is 0 Å². The monoisotopic (exact) mass is 344 g/mol. The van der Waals surface area contributed by atoms with Crippen molar-refractivity contribution in [2.24, 2.45) is 0 Å². The number of likely N-dealkylation sites (tertiary alicyclic amines) is 1. The Bertz CT molecular complexity index is 508. The molecule has 3 rings (SSSR count). The van der Waals surface area contributed by atoms with Gasteiger partial charge in [-0.2, -0.15) is 0 Å². The summed E-state index contributed by atoms with van der Waals surface area (Å²) < 4.78 is 5.50. The summed E-state index contributed by atoms with van der Waals surface area (Å²) in [6.45, 7) is 6.08. The zero-order valence-corrected chi connectivity index (χ0v) is 15.4. The lowest BCUT2D eigenvalue weighted by Gasteiger charge is -2.35. The van der Waals surface area contributed by atoms with Gasteiger partial charge >= 0.3 is 0 Å². The summed E-state index contributed by atoms with van der Waals surface area (Å²) in [4.78, 5) is 17.6. The number of carbonyl (C=O) groups is 1. The van der Waals surface area contributed by atoms with Gasteiger partial charge in [0, 0.05) is 32.2 Å². The number of nitrogens with zero attached hydrogens (tertiary/aromatic N) is 2. The van der Waals surface area contributed by atoms with Crippen LogP contribution in [0.5, 0.6) is 0 Å². The zero-order chi connectivity index (χ0) is 17.3. The molecule has 0 unspecified atom stereocenters. The molecule has 4 nitrogen and oxygen atoms in total. The largest absolute Gasteiger partial charge is 0.381 e. The summed E-state index contributed by atoms with van der Waals surface area (Å²) >= 11 is 0. The molecular weight excluding hydrogens is 312 g/mol. The Morgan fingerprint density at radius 1 is 1.12 bits per heavy atom. The van der Waals surface area contributed by atoms with Crippen LogP contribution in [0.3, 0.4) is 0 Å². The standard InChI is InChI=1S/C21H32N2O2/c24-21(10-9-19-7-2-1-3-8-19)23(20-11-17-25-18-12-20)16-6-15-22-13-4-5-14-22/h1-3,7-8,20H,4-6,9-18H2. The number of rotatable bonds is 8. The van der Waals surface area contributed by atoms with E-state index < -0.39 is 0 Å². The molecular formula is C21H32N2O2. The first-order valence-corrected chi connectivity index (χ1v) is 9.96. The predicted molar refractivity (Wildman–Crippen MR) is 101 cm³/mol. The van der Waals surface area contributed by atoms with Crippen LogP contribution in [-0.2, 0) is 16.0 Å². The molecule has 0 atom stereocenters. The Morgan fingerprint density at radius 3 is 2.56 bits per heavy atom. The molecule has 0 bridgehead atoms. The molecule has 2 saturated heterocycles. The maximum absolute atomic E-state index is 12.9. The molecule has 0 saturated carbocycles. The summed E-state index contributed by atoms with van der Waals surface area (Å²) in [6.07, 6.45) is 7.19. The summed E-state index contributed by atoms with van der Waals surface area (Å²) in [5, 5.41) is 0. The van der Waals surface area contributed by atoms with E-state index in [4.69, 9.17) is 4.74 Å². The molecule has 25 heavy (non-hydrogen) atoms. The maximum atomic E-state index is 12.9. The van der Waals surface area contributed by atoms with E-state index >= 15 is 0 Å². The highest BCUT2D eigenvalue weighted by Gasteiger charge is 2.25. The molecule has 1 aromatic carbocycles. The number of aryl methyl sites for hydroxylation is 1. The lowest BCUT2D eigenvalue weighted by atomic mass is 10.0. The average molecular weight is 344 g/mol. The van der Waals surface area contributed by atoms with Gasteiger partial charge in [-0.05, 0) is 63.7 Å². The normalized spacial score (nSPS) is 19.2. The van der Waals surface area contributed by atoms with Crippen molar-refractivity contribution in [1.29, 1.82) is 0 Å². The number of hydrogen-bond acceptors (Lipinski definition) is 3. The quantitative estimate of drug-likeness (QED) is 0.726. The fraction of sp³-hybridized carbons (Fsp3) is 0.667. The minimum atomic E-state index is 0.317. The molecule has 138 valence electrons. The van der Waals surface area contributed by atoms with Crippen molar-refractivity contribution < 1.29 is 9.53 Å². The zero-order valence-electron chi connectivity index (χ0n) is 15.4. The number of amides is 1. The van der Waals surface area contributed by atoms with E-state index in [2.05, 4.69) is 21.9 Å². The van der Waals surface area contributed by atoms with Gasteiger partial charge in [0.15, 0.2) is 0 Å². The Labute approximate surface area is 152 Å². The van der Waals surface area contributed by atoms with E-state index in [-0.39, 0.29) is 0 Å². The lowest BCUT2D eigenvalue weighted by Crippen LogP contribution is -2.44. The molecule has 2 aliphatic rings. The Hall–Kier alpha value is -1.39. The molecule has 0 aromatic heterocycles. The van der Waals surface area contributed by atoms with Gasteiger partial charge in [0.25, 0.3) is 0 Å². The number of ether oxygens (including phenoxy) is 1. The summed E-state index contributed by atoms with van der Waals surface area (Å²) in [6, 6.07) is 10.7. The first-order chi connectivity index (χ1) is 12.3. The molecule has 0 radical (unpaired) electrons. The molecule has 2 heterocycles. The van der Waals surface area contributed by atoms with Crippen molar-refractivity contribution in [2.75, 3.05) is 39.4 Å². The van der Waals surface area contributed by atoms with Crippen LogP contribution >= 0.6 is 0 Å². The van der Waals surface area contributed by atoms with Crippen LogP contribution in [0.2, 0.25) is 0 Å². The third-order valence-electron chi connectivity index (χ3n) is 5.49. The lowest BCUT2D eigenvalue weighted by molar-refractivity contribution is -0.135. The van der Waals surface area contributed by atoms with E-state index in [1.807, 2.05) is 18.2 Å². The third-order valence-corrected chi connectivity index (χ3v) is 5.49. The minimum absolute atomic E-state index is 0.317. The Balaban J connectivity index is 1.51. The molecule has 0 N–H and O–H groups in total. The van der Waals surface area contributed by atoms with E-state index in [0.29, 0.717) is 18.4 Å². The van der Waals surface area contributed by atoms with Crippen molar-refractivity contribution in [3.8, 4) is 0 Å². The summed E-state index contributed by atoms with van der Waals surface area (Å²) in [5.74, 6) is 0.317. The van der Waals surface area contributed by atoms with E-state index in [9.17, 15) is 4.79 Å². The second kappa shape index (κ2) is 9.93. The molecule has 2 aliphatic heterocycles. The molecule has 0 spiro atoms. The van der Waals surface area contributed by atoms with Gasteiger partial charge in [-0.3, -0.25) is 4.79 Å². The molecule has 4 heteroatoms. The van der Waals surface area contributed by atoms with Gasteiger partial charge < -0.3 is 14.5 Å². The van der Waals surface area contributed by atoms with Crippen molar-refractivity contribution in [2.45, 2.75) is 51.0 Å². The predicted octanol–water partition coefficient (Wildman–Crippen LogP) is 3.11. The van der Waals surface area contributed by atoms with Crippen LogP contribution in [0.1, 0.15) is 44.1 Å².